The van der Waals surface area contributed by atoms with Crippen molar-refractivity contribution in [1.29, 1.82) is 0 Å². The van der Waals surface area contributed by atoms with E-state index in [0.717, 1.165) is 0 Å². The third-order valence-electron chi connectivity index (χ3n) is 2.23. The predicted octanol–water partition coefficient (Wildman–Crippen LogP) is 0.401. The number of aliphatic imine (C=N–C) groups is 1. The van der Waals surface area contributed by atoms with Crippen LogP contribution >= 0.6 is 0 Å². The highest BCUT2D eigenvalue weighted by Gasteiger charge is 2.16. The fraction of sp³-hybridized carbons (Fsp3) is 0.700. The van der Waals surface area contributed by atoms with Gasteiger partial charge >= 0.3 is 0 Å². The molecule has 0 aromatic rings. The molecular formula is C10H19FN4O. The monoisotopic (exact) mass is 230 g/mol. The van der Waals surface area contributed by atoms with Gasteiger partial charge in [-0.2, -0.15) is 0 Å². The average molecular weight is 230 g/mol. The van der Waals surface area contributed by atoms with Crippen LogP contribution in [0.25, 0.3) is 0 Å². The number of hydrogen-bond donors (Lipinski definition) is 2. The Morgan fingerprint density at radius 2 is 2.12 bits per heavy atom. The number of nitrogens with zero attached hydrogens (tertiary/aromatic N) is 2. The molecule has 3 N–H and O–H groups in total. The SMILES string of the molecule is CCN=C(N)N/C(=C(\C)F)N1CCOCC1. The van der Waals surface area contributed by atoms with Gasteiger partial charge in [0.05, 0.1) is 13.2 Å². The summed E-state index contributed by atoms with van der Waals surface area (Å²) in [5, 5.41) is 2.79. The van der Waals surface area contributed by atoms with E-state index in [1.807, 2.05) is 11.8 Å². The summed E-state index contributed by atoms with van der Waals surface area (Å²) in [7, 11) is 0. The van der Waals surface area contributed by atoms with Gasteiger partial charge < -0.3 is 20.7 Å². The van der Waals surface area contributed by atoms with E-state index in [1.54, 1.807) is 0 Å². The normalized spacial score (nSPS) is 19.4. The molecule has 1 saturated heterocycles. The van der Waals surface area contributed by atoms with Gasteiger partial charge in [-0.05, 0) is 13.8 Å². The molecule has 0 radical (unpaired) electrons. The van der Waals surface area contributed by atoms with Crippen LogP contribution in [0.15, 0.2) is 16.6 Å². The number of nitrogens with one attached hydrogen (secondary N) is 1. The second kappa shape index (κ2) is 6.32. The van der Waals surface area contributed by atoms with Crippen molar-refractivity contribution in [2.45, 2.75) is 13.8 Å². The predicted molar refractivity (Wildman–Crippen MR) is 61.5 cm³/mol. The van der Waals surface area contributed by atoms with Gasteiger partial charge in [0.2, 0.25) is 0 Å². The minimum atomic E-state index is -0.295. The van der Waals surface area contributed by atoms with Crippen molar-refractivity contribution in [2.24, 2.45) is 10.7 Å². The highest BCUT2D eigenvalue weighted by Crippen LogP contribution is 2.10. The minimum Gasteiger partial charge on any atom is -0.378 e. The Kier molecular flexibility index (Phi) is 5.04. The zero-order valence-corrected chi connectivity index (χ0v) is 9.79. The van der Waals surface area contributed by atoms with Gasteiger partial charge in [0.15, 0.2) is 5.96 Å². The number of morpholine rings is 1. The Balaban J connectivity index is 2.68. The summed E-state index contributed by atoms with van der Waals surface area (Å²) in [6.45, 7) is 6.35. The minimum absolute atomic E-state index is 0.237. The lowest BCUT2D eigenvalue weighted by Crippen LogP contribution is -2.44. The quantitative estimate of drug-likeness (QED) is 0.544. The van der Waals surface area contributed by atoms with Crippen LogP contribution in [-0.4, -0.2) is 43.7 Å². The maximum Gasteiger partial charge on any atom is 0.194 e. The molecule has 1 heterocycles. The lowest BCUT2D eigenvalue weighted by molar-refractivity contribution is 0.0502. The molecule has 1 aliphatic heterocycles. The second-order valence-corrected chi connectivity index (χ2v) is 3.47. The first-order valence-electron chi connectivity index (χ1n) is 5.41. The Hall–Kier alpha value is -1.30. The third-order valence-corrected chi connectivity index (χ3v) is 2.23. The summed E-state index contributed by atoms with van der Waals surface area (Å²) >= 11 is 0. The average Bonchev–Trinajstić information content (AvgIpc) is 2.27. The summed E-state index contributed by atoms with van der Waals surface area (Å²) in [5.41, 5.74) is 5.61. The van der Waals surface area contributed by atoms with Crippen LogP contribution in [0, 0.1) is 0 Å². The van der Waals surface area contributed by atoms with Crippen LogP contribution in [0.2, 0.25) is 0 Å². The second-order valence-electron chi connectivity index (χ2n) is 3.47. The number of nitrogens with two attached hydrogens (primary N) is 1. The van der Waals surface area contributed by atoms with E-state index in [1.165, 1.54) is 6.92 Å². The standard InChI is InChI=1S/C10H19FN4O/c1-3-13-10(12)14-9(8(2)11)15-4-6-16-7-5-15/h3-7H2,1-2H3,(H3,12,13,14)/b9-8-. The molecule has 92 valence electrons. The molecule has 0 saturated carbocycles. The highest BCUT2D eigenvalue weighted by molar-refractivity contribution is 5.79. The van der Waals surface area contributed by atoms with E-state index < -0.39 is 0 Å². The fourth-order valence-corrected chi connectivity index (χ4v) is 1.50. The van der Waals surface area contributed by atoms with E-state index in [9.17, 15) is 4.39 Å². The third kappa shape index (κ3) is 3.69. The first-order chi connectivity index (χ1) is 7.65. The first-order valence-corrected chi connectivity index (χ1v) is 5.41. The first kappa shape index (κ1) is 12.8. The smallest absolute Gasteiger partial charge is 0.194 e. The Morgan fingerprint density at radius 3 is 2.62 bits per heavy atom. The number of halogens is 1. The number of rotatable bonds is 3. The molecule has 5 nitrogen and oxygen atoms in total. The molecule has 0 amide bonds. The molecule has 0 spiro atoms. The van der Waals surface area contributed by atoms with E-state index in [2.05, 4.69) is 10.3 Å². The Labute approximate surface area is 95.2 Å². The lowest BCUT2D eigenvalue weighted by atomic mass is 10.4. The maximum atomic E-state index is 13.4. The van der Waals surface area contributed by atoms with Gasteiger partial charge in [-0.25, -0.2) is 4.39 Å². The van der Waals surface area contributed by atoms with E-state index in [0.29, 0.717) is 38.7 Å². The van der Waals surface area contributed by atoms with E-state index in [-0.39, 0.29) is 11.8 Å². The zero-order chi connectivity index (χ0) is 12.0. The van der Waals surface area contributed by atoms with Crippen LogP contribution in [0.1, 0.15) is 13.8 Å². The number of allylic oxidation sites excluding steroid dienone is 1. The van der Waals surface area contributed by atoms with Crippen LogP contribution in [-0.2, 0) is 4.74 Å². The molecule has 0 atom stereocenters. The van der Waals surface area contributed by atoms with Crippen molar-refractivity contribution in [3.63, 3.8) is 0 Å². The van der Waals surface area contributed by atoms with Gasteiger partial charge in [0, 0.05) is 19.6 Å². The molecule has 0 aromatic carbocycles. The molecule has 1 rings (SSSR count). The van der Waals surface area contributed by atoms with Crippen molar-refractivity contribution in [3.8, 4) is 0 Å². The van der Waals surface area contributed by atoms with Crippen molar-refractivity contribution in [2.75, 3.05) is 32.8 Å². The van der Waals surface area contributed by atoms with Crippen molar-refractivity contribution < 1.29 is 9.13 Å². The molecule has 0 aromatic heterocycles. The number of hydrogen-bond acceptors (Lipinski definition) is 3. The van der Waals surface area contributed by atoms with Gasteiger partial charge in [0.25, 0.3) is 0 Å². The van der Waals surface area contributed by atoms with Crippen LogP contribution in [0.3, 0.4) is 0 Å². The van der Waals surface area contributed by atoms with Gasteiger partial charge in [-0.15, -0.1) is 0 Å². The molecule has 0 bridgehead atoms. The molecular weight excluding hydrogens is 211 g/mol. The van der Waals surface area contributed by atoms with Gasteiger partial charge in [-0.3, -0.25) is 4.99 Å². The number of ether oxygens (including phenoxy) is 1. The Bertz CT molecular complexity index is 281. The zero-order valence-electron chi connectivity index (χ0n) is 9.79. The van der Waals surface area contributed by atoms with Gasteiger partial charge in [-0.1, -0.05) is 0 Å². The van der Waals surface area contributed by atoms with Crippen molar-refractivity contribution in [1.82, 2.24) is 10.2 Å². The molecule has 0 aliphatic carbocycles. The topological polar surface area (TPSA) is 62.9 Å². The number of guanidine groups is 1. The summed E-state index contributed by atoms with van der Waals surface area (Å²) < 4.78 is 18.6. The van der Waals surface area contributed by atoms with Gasteiger partial charge in [0.1, 0.15) is 11.6 Å². The maximum absolute atomic E-state index is 13.4. The molecule has 1 fully saturated rings. The highest BCUT2D eigenvalue weighted by atomic mass is 19.1. The molecule has 16 heavy (non-hydrogen) atoms. The summed E-state index contributed by atoms with van der Waals surface area (Å²) in [6, 6.07) is 0. The van der Waals surface area contributed by atoms with E-state index >= 15 is 0 Å². The summed E-state index contributed by atoms with van der Waals surface area (Å²) in [4.78, 5) is 5.84. The summed E-state index contributed by atoms with van der Waals surface area (Å²) in [6.07, 6.45) is 0. The summed E-state index contributed by atoms with van der Waals surface area (Å²) in [5.74, 6) is 0.329. The van der Waals surface area contributed by atoms with Crippen molar-refractivity contribution in [3.05, 3.63) is 11.6 Å². The van der Waals surface area contributed by atoms with Crippen LogP contribution < -0.4 is 11.1 Å². The van der Waals surface area contributed by atoms with E-state index in [4.69, 9.17) is 10.5 Å². The Morgan fingerprint density at radius 1 is 1.50 bits per heavy atom. The molecule has 0 unspecified atom stereocenters. The van der Waals surface area contributed by atoms with Crippen LogP contribution in [0.5, 0.6) is 0 Å². The lowest BCUT2D eigenvalue weighted by Gasteiger charge is -2.31. The molecule has 6 heteroatoms. The fourth-order valence-electron chi connectivity index (χ4n) is 1.50. The largest absolute Gasteiger partial charge is 0.378 e. The molecule has 1 aliphatic rings. The van der Waals surface area contributed by atoms with Crippen LogP contribution in [0.4, 0.5) is 4.39 Å². The van der Waals surface area contributed by atoms with Crippen molar-refractivity contribution >= 4 is 5.96 Å².